The SMILES string of the molecule is CC(C)(C)[Si](C)(C)Oc1cccc2c1ccn2CC(=O)O. The van der Waals surface area contributed by atoms with Gasteiger partial charge in [-0.25, -0.2) is 0 Å². The second-order valence-corrected chi connectivity index (χ2v) is 11.6. The molecule has 0 fully saturated rings. The van der Waals surface area contributed by atoms with Crippen molar-refractivity contribution in [3.63, 3.8) is 0 Å². The van der Waals surface area contributed by atoms with Gasteiger partial charge in [-0.1, -0.05) is 26.8 Å². The molecular formula is C16H23NO3Si. The summed E-state index contributed by atoms with van der Waals surface area (Å²) in [6.45, 7) is 11.0. The third-order valence-electron chi connectivity index (χ3n) is 4.25. The largest absolute Gasteiger partial charge is 0.543 e. The van der Waals surface area contributed by atoms with Crippen LogP contribution in [0, 0.1) is 0 Å². The zero-order valence-electron chi connectivity index (χ0n) is 13.3. The predicted molar refractivity (Wildman–Crippen MR) is 87.4 cm³/mol. The second kappa shape index (κ2) is 5.22. The minimum atomic E-state index is -1.91. The Morgan fingerprint density at radius 3 is 2.52 bits per heavy atom. The minimum absolute atomic E-state index is 0.0347. The van der Waals surface area contributed by atoms with Crippen molar-refractivity contribution in [3.05, 3.63) is 30.5 Å². The van der Waals surface area contributed by atoms with E-state index in [1.165, 1.54) is 0 Å². The van der Waals surface area contributed by atoms with Crippen LogP contribution in [0.4, 0.5) is 0 Å². The summed E-state index contributed by atoms with van der Waals surface area (Å²) < 4.78 is 8.11. The van der Waals surface area contributed by atoms with E-state index in [4.69, 9.17) is 9.53 Å². The summed E-state index contributed by atoms with van der Waals surface area (Å²) in [5.41, 5.74) is 0.897. The number of carbonyl (C=O) groups is 1. The summed E-state index contributed by atoms with van der Waals surface area (Å²) >= 11 is 0. The van der Waals surface area contributed by atoms with Gasteiger partial charge in [-0.3, -0.25) is 4.79 Å². The van der Waals surface area contributed by atoms with Crippen molar-refractivity contribution in [2.75, 3.05) is 0 Å². The highest BCUT2D eigenvalue weighted by atomic mass is 28.4. The molecule has 2 rings (SSSR count). The van der Waals surface area contributed by atoms with Crippen molar-refractivity contribution in [1.29, 1.82) is 0 Å². The monoisotopic (exact) mass is 305 g/mol. The third-order valence-corrected chi connectivity index (χ3v) is 8.59. The van der Waals surface area contributed by atoms with Gasteiger partial charge in [-0.15, -0.1) is 0 Å². The van der Waals surface area contributed by atoms with Gasteiger partial charge in [0.05, 0.1) is 5.52 Å². The molecule has 0 aliphatic carbocycles. The molecule has 0 saturated carbocycles. The third kappa shape index (κ3) is 3.13. The fraction of sp³-hybridized carbons (Fsp3) is 0.438. The van der Waals surface area contributed by atoms with E-state index in [1.54, 1.807) is 10.8 Å². The number of benzene rings is 1. The Balaban J connectivity index is 2.42. The van der Waals surface area contributed by atoms with E-state index in [-0.39, 0.29) is 11.6 Å². The van der Waals surface area contributed by atoms with Crippen molar-refractivity contribution in [2.45, 2.75) is 45.4 Å². The van der Waals surface area contributed by atoms with E-state index in [2.05, 4.69) is 33.9 Å². The Labute approximate surface area is 126 Å². The summed E-state index contributed by atoms with van der Waals surface area (Å²) in [4.78, 5) is 10.9. The predicted octanol–water partition coefficient (Wildman–Crippen LogP) is 4.11. The average Bonchev–Trinajstić information content (AvgIpc) is 2.71. The van der Waals surface area contributed by atoms with Crippen molar-refractivity contribution < 1.29 is 14.3 Å². The number of fused-ring (bicyclic) bond motifs is 1. The van der Waals surface area contributed by atoms with Gasteiger partial charge in [0.1, 0.15) is 12.3 Å². The first-order valence-corrected chi connectivity index (χ1v) is 10.0. The molecule has 1 aromatic heterocycles. The van der Waals surface area contributed by atoms with E-state index < -0.39 is 14.3 Å². The van der Waals surface area contributed by atoms with Crippen LogP contribution in [-0.4, -0.2) is 24.0 Å². The van der Waals surface area contributed by atoms with Gasteiger partial charge >= 0.3 is 5.97 Å². The fourth-order valence-corrected chi connectivity index (χ4v) is 3.03. The van der Waals surface area contributed by atoms with Crippen LogP contribution in [0.25, 0.3) is 10.9 Å². The fourth-order valence-electron chi connectivity index (χ4n) is 2.00. The van der Waals surface area contributed by atoms with Gasteiger partial charge in [0, 0.05) is 11.6 Å². The van der Waals surface area contributed by atoms with E-state index in [9.17, 15) is 4.79 Å². The number of hydrogen-bond donors (Lipinski definition) is 1. The van der Waals surface area contributed by atoms with Crippen LogP contribution in [0.1, 0.15) is 20.8 Å². The zero-order valence-corrected chi connectivity index (χ0v) is 14.3. The van der Waals surface area contributed by atoms with E-state index in [1.807, 2.05) is 24.3 Å². The van der Waals surface area contributed by atoms with Crippen molar-refractivity contribution >= 4 is 25.2 Å². The molecule has 0 saturated heterocycles. The highest BCUT2D eigenvalue weighted by Crippen LogP contribution is 2.39. The molecule has 2 aromatic rings. The summed E-state index contributed by atoms with van der Waals surface area (Å²) in [5.74, 6) is 0.00597. The number of hydrogen-bond acceptors (Lipinski definition) is 2. The number of carboxylic acids is 1. The van der Waals surface area contributed by atoms with Gasteiger partial charge in [0.15, 0.2) is 0 Å². The summed E-state index contributed by atoms with van der Waals surface area (Å²) in [5, 5.41) is 10.1. The van der Waals surface area contributed by atoms with Crippen molar-refractivity contribution in [3.8, 4) is 5.75 Å². The Morgan fingerprint density at radius 1 is 1.29 bits per heavy atom. The Hall–Kier alpha value is -1.75. The molecule has 4 nitrogen and oxygen atoms in total. The molecule has 0 aliphatic rings. The molecule has 5 heteroatoms. The number of nitrogens with zero attached hydrogens (tertiary/aromatic N) is 1. The number of aliphatic carboxylic acids is 1. The van der Waals surface area contributed by atoms with Gasteiger partial charge in [-0.2, -0.15) is 0 Å². The van der Waals surface area contributed by atoms with Crippen molar-refractivity contribution in [1.82, 2.24) is 4.57 Å². The summed E-state index contributed by atoms with van der Waals surface area (Å²) in [7, 11) is -1.91. The Kier molecular flexibility index (Phi) is 3.89. The normalized spacial score (nSPS) is 12.6. The lowest BCUT2D eigenvalue weighted by Crippen LogP contribution is -2.43. The number of rotatable bonds is 4. The highest BCUT2D eigenvalue weighted by molar-refractivity contribution is 6.74. The minimum Gasteiger partial charge on any atom is -0.543 e. The van der Waals surface area contributed by atoms with Crippen LogP contribution in [0.15, 0.2) is 30.5 Å². The molecule has 0 unspecified atom stereocenters. The maximum Gasteiger partial charge on any atom is 0.323 e. The Bertz CT molecular complexity index is 668. The second-order valence-electron chi connectivity index (χ2n) is 6.89. The van der Waals surface area contributed by atoms with E-state index >= 15 is 0 Å². The molecular weight excluding hydrogens is 282 g/mol. The van der Waals surface area contributed by atoms with Gasteiger partial charge in [-0.05, 0) is 36.3 Å². The maximum absolute atomic E-state index is 10.9. The molecule has 21 heavy (non-hydrogen) atoms. The molecule has 1 aromatic carbocycles. The smallest absolute Gasteiger partial charge is 0.323 e. The molecule has 0 atom stereocenters. The Morgan fingerprint density at radius 2 is 1.95 bits per heavy atom. The molecule has 1 heterocycles. The molecule has 0 radical (unpaired) electrons. The topological polar surface area (TPSA) is 51.5 Å². The van der Waals surface area contributed by atoms with Gasteiger partial charge < -0.3 is 14.1 Å². The van der Waals surface area contributed by atoms with Crippen molar-refractivity contribution in [2.24, 2.45) is 0 Å². The molecule has 0 spiro atoms. The van der Waals surface area contributed by atoms with E-state index in [0.717, 1.165) is 16.7 Å². The van der Waals surface area contributed by atoms with Crippen LogP contribution in [-0.2, 0) is 11.3 Å². The number of carboxylic acid groups (broad SMARTS) is 1. The molecule has 1 N–H and O–H groups in total. The van der Waals surface area contributed by atoms with E-state index in [0.29, 0.717) is 0 Å². The maximum atomic E-state index is 10.9. The lowest BCUT2D eigenvalue weighted by atomic mass is 10.2. The quantitative estimate of drug-likeness (QED) is 0.865. The lowest BCUT2D eigenvalue weighted by molar-refractivity contribution is -0.137. The molecule has 114 valence electrons. The zero-order chi connectivity index (χ0) is 15.8. The van der Waals surface area contributed by atoms with Gasteiger partial charge in [0.2, 0.25) is 0 Å². The van der Waals surface area contributed by atoms with Crippen LogP contribution < -0.4 is 4.43 Å². The van der Waals surface area contributed by atoms with Crippen LogP contribution in [0.3, 0.4) is 0 Å². The van der Waals surface area contributed by atoms with Crippen LogP contribution in [0.2, 0.25) is 18.1 Å². The van der Waals surface area contributed by atoms with Crippen LogP contribution >= 0.6 is 0 Å². The van der Waals surface area contributed by atoms with Gasteiger partial charge in [0.25, 0.3) is 8.32 Å². The lowest BCUT2D eigenvalue weighted by Gasteiger charge is -2.36. The van der Waals surface area contributed by atoms with Crippen LogP contribution in [0.5, 0.6) is 5.75 Å². The standard InChI is InChI=1S/C16H23NO3Si/c1-16(2,3)21(4,5)20-14-8-6-7-13-12(14)9-10-17(13)11-15(18)19/h6-10H,11H2,1-5H3,(H,18,19). The number of aromatic nitrogens is 1. The summed E-state index contributed by atoms with van der Waals surface area (Å²) in [6, 6.07) is 7.74. The molecule has 0 aliphatic heterocycles. The molecule has 0 amide bonds. The average molecular weight is 305 g/mol. The first-order valence-electron chi connectivity index (χ1n) is 7.10. The first kappa shape index (κ1) is 15.6. The first-order chi connectivity index (χ1) is 9.62. The summed E-state index contributed by atoms with van der Waals surface area (Å²) in [6.07, 6.45) is 1.80. The highest BCUT2D eigenvalue weighted by Gasteiger charge is 2.39. The molecule has 0 bridgehead atoms.